The summed E-state index contributed by atoms with van der Waals surface area (Å²) in [6.07, 6.45) is 0.861. The molecule has 0 bridgehead atoms. The van der Waals surface area contributed by atoms with Crippen LogP contribution in [0.4, 0.5) is 0 Å². The van der Waals surface area contributed by atoms with Crippen LogP contribution in [0.2, 0.25) is 0 Å². The molecule has 2 aromatic carbocycles. The summed E-state index contributed by atoms with van der Waals surface area (Å²) >= 11 is 1.54. The van der Waals surface area contributed by atoms with E-state index in [1.165, 1.54) is 17.3 Å². The predicted molar refractivity (Wildman–Crippen MR) is 107 cm³/mol. The molecular weight excluding hydrogens is 346 g/mol. The van der Waals surface area contributed by atoms with E-state index in [0.29, 0.717) is 13.2 Å². The lowest BCUT2D eigenvalue weighted by atomic mass is 10.1. The number of nitrogens with one attached hydrogen (secondary N) is 1. The van der Waals surface area contributed by atoms with Gasteiger partial charge in [-0.3, -0.25) is 4.79 Å². The minimum absolute atomic E-state index is 0.0434. The summed E-state index contributed by atoms with van der Waals surface area (Å²) in [7, 11) is 1.64. The fourth-order valence-electron chi connectivity index (χ4n) is 2.42. The van der Waals surface area contributed by atoms with E-state index in [2.05, 4.69) is 17.4 Å². The highest BCUT2D eigenvalue weighted by molar-refractivity contribution is 8.00. The van der Waals surface area contributed by atoms with E-state index in [4.69, 9.17) is 9.47 Å². The van der Waals surface area contributed by atoms with Gasteiger partial charge in [-0.05, 0) is 50.1 Å². The summed E-state index contributed by atoms with van der Waals surface area (Å²) in [6.45, 7) is 5.20. The number of amides is 1. The van der Waals surface area contributed by atoms with Gasteiger partial charge in [0.1, 0.15) is 5.75 Å². The molecule has 0 spiro atoms. The number of thioether (sulfide) groups is 1. The summed E-state index contributed by atoms with van der Waals surface area (Å²) in [4.78, 5) is 13.2. The zero-order valence-corrected chi connectivity index (χ0v) is 16.4. The Bertz CT molecular complexity index is 661. The highest BCUT2D eigenvalue weighted by Crippen LogP contribution is 2.25. The van der Waals surface area contributed by atoms with Gasteiger partial charge in [0, 0.05) is 18.0 Å². The van der Waals surface area contributed by atoms with Crippen LogP contribution < -0.4 is 10.1 Å². The SMILES string of the molecule is COc1ccc(SC(C)C(=O)NCCCOC(C)c2ccccc2)cc1. The van der Waals surface area contributed by atoms with Crippen molar-refractivity contribution in [2.45, 2.75) is 36.5 Å². The first-order chi connectivity index (χ1) is 12.6. The van der Waals surface area contributed by atoms with Crippen LogP contribution in [-0.4, -0.2) is 31.4 Å². The van der Waals surface area contributed by atoms with Gasteiger partial charge < -0.3 is 14.8 Å². The zero-order chi connectivity index (χ0) is 18.8. The van der Waals surface area contributed by atoms with Crippen LogP contribution in [0.3, 0.4) is 0 Å². The lowest BCUT2D eigenvalue weighted by Crippen LogP contribution is -2.32. The Kier molecular flexibility index (Phi) is 8.51. The molecule has 1 N–H and O–H groups in total. The smallest absolute Gasteiger partial charge is 0.233 e. The van der Waals surface area contributed by atoms with Gasteiger partial charge in [0.15, 0.2) is 0 Å². The number of ether oxygens (including phenoxy) is 2. The summed E-state index contributed by atoms with van der Waals surface area (Å²) < 4.78 is 11.0. The molecule has 4 nitrogen and oxygen atoms in total. The lowest BCUT2D eigenvalue weighted by Gasteiger charge is -2.15. The topological polar surface area (TPSA) is 47.6 Å². The number of rotatable bonds is 10. The third kappa shape index (κ3) is 6.73. The Labute approximate surface area is 160 Å². The first-order valence-corrected chi connectivity index (χ1v) is 9.73. The van der Waals surface area contributed by atoms with Crippen molar-refractivity contribution in [3.8, 4) is 5.75 Å². The van der Waals surface area contributed by atoms with Gasteiger partial charge in [-0.1, -0.05) is 30.3 Å². The number of methoxy groups -OCH3 is 1. The van der Waals surface area contributed by atoms with Gasteiger partial charge in [0.2, 0.25) is 5.91 Å². The van der Waals surface area contributed by atoms with Gasteiger partial charge in [0.05, 0.1) is 18.5 Å². The molecule has 0 aliphatic rings. The third-order valence-electron chi connectivity index (χ3n) is 4.00. The highest BCUT2D eigenvalue weighted by atomic mass is 32.2. The van der Waals surface area contributed by atoms with Crippen LogP contribution in [0.1, 0.15) is 31.9 Å². The van der Waals surface area contributed by atoms with Crippen LogP contribution in [0.25, 0.3) is 0 Å². The van der Waals surface area contributed by atoms with Crippen molar-refractivity contribution in [2.75, 3.05) is 20.3 Å². The minimum Gasteiger partial charge on any atom is -0.497 e. The van der Waals surface area contributed by atoms with Gasteiger partial charge >= 0.3 is 0 Å². The number of benzene rings is 2. The Morgan fingerprint density at radius 2 is 1.77 bits per heavy atom. The van der Waals surface area contributed by atoms with Crippen LogP contribution >= 0.6 is 11.8 Å². The maximum Gasteiger partial charge on any atom is 0.233 e. The Balaban J connectivity index is 1.63. The van der Waals surface area contributed by atoms with E-state index in [1.54, 1.807) is 7.11 Å². The second-order valence-corrected chi connectivity index (χ2v) is 7.42. The summed E-state index contributed by atoms with van der Waals surface area (Å²) in [5.41, 5.74) is 1.17. The van der Waals surface area contributed by atoms with Crippen molar-refractivity contribution in [1.82, 2.24) is 5.32 Å². The van der Waals surface area contributed by atoms with Crippen LogP contribution in [0, 0.1) is 0 Å². The van der Waals surface area contributed by atoms with Crippen LogP contribution in [0.15, 0.2) is 59.5 Å². The Morgan fingerprint density at radius 1 is 1.08 bits per heavy atom. The molecular formula is C21H27NO3S. The fraction of sp³-hybridized carbons (Fsp3) is 0.381. The number of hydrogen-bond donors (Lipinski definition) is 1. The molecule has 0 fully saturated rings. The number of carbonyl (C=O) groups is 1. The fourth-order valence-corrected chi connectivity index (χ4v) is 3.31. The van der Waals surface area contributed by atoms with Crippen molar-refractivity contribution in [2.24, 2.45) is 0 Å². The van der Waals surface area contributed by atoms with Crippen molar-refractivity contribution in [3.05, 3.63) is 60.2 Å². The molecule has 0 aliphatic heterocycles. The molecule has 2 aromatic rings. The first-order valence-electron chi connectivity index (χ1n) is 8.85. The molecule has 140 valence electrons. The molecule has 2 atom stereocenters. The van der Waals surface area contributed by atoms with E-state index in [1.807, 2.05) is 56.3 Å². The molecule has 0 aliphatic carbocycles. The predicted octanol–water partition coefficient (Wildman–Crippen LogP) is 4.46. The van der Waals surface area contributed by atoms with Crippen LogP contribution in [0.5, 0.6) is 5.75 Å². The molecule has 0 aromatic heterocycles. The van der Waals surface area contributed by atoms with E-state index in [-0.39, 0.29) is 17.3 Å². The summed E-state index contributed by atoms with van der Waals surface area (Å²) in [5.74, 6) is 0.859. The summed E-state index contributed by atoms with van der Waals surface area (Å²) in [5, 5.41) is 2.83. The molecule has 26 heavy (non-hydrogen) atoms. The quantitative estimate of drug-likeness (QED) is 0.493. The molecule has 5 heteroatoms. The highest BCUT2D eigenvalue weighted by Gasteiger charge is 2.14. The van der Waals surface area contributed by atoms with Gasteiger partial charge in [-0.15, -0.1) is 11.8 Å². The largest absolute Gasteiger partial charge is 0.497 e. The molecule has 0 saturated heterocycles. The molecule has 0 heterocycles. The second-order valence-electron chi connectivity index (χ2n) is 6.00. The number of carbonyl (C=O) groups excluding carboxylic acids is 1. The van der Waals surface area contributed by atoms with Gasteiger partial charge in [0.25, 0.3) is 0 Å². The Morgan fingerprint density at radius 3 is 2.42 bits per heavy atom. The zero-order valence-electron chi connectivity index (χ0n) is 15.6. The molecule has 2 unspecified atom stereocenters. The van der Waals surface area contributed by atoms with Crippen molar-refractivity contribution in [1.29, 1.82) is 0 Å². The van der Waals surface area contributed by atoms with Crippen molar-refractivity contribution in [3.63, 3.8) is 0 Å². The normalized spacial score (nSPS) is 13.0. The summed E-state index contributed by atoms with van der Waals surface area (Å²) in [6, 6.07) is 17.9. The van der Waals surface area contributed by atoms with E-state index in [9.17, 15) is 4.79 Å². The standard InChI is InChI=1S/C21H27NO3S/c1-16(18-8-5-4-6-9-18)25-15-7-14-22-21(23)17(2)26-20-12-10-19(24-3)11-13-20/h4-6,8-13,16-17H,7,14-15H2,1-3H3,(H,22,23). The molecule has 2 rings (SSSR count). The maximum atomic E-state index is 12.2. The Hall–Kier alpha value is -1.98. The van der Waals surface area contributed by atoms with E-state index in [0.717, 1.165) is 17.1 Å². The average molecular weight is 374 g/mol. The van der Waals surface area contributed by atoms with Gasteiger partial charge in [-0.2, -0.15) is 0 Å². The van der Waals surface area contributed by atoms with E-state index < -0.39 is 0 Å². The lowest BCUT2D eigenvalue weighted by molar-refractivity contribution is -0.120. The van der Waals surface area contributed by atoms with Gasteiger partial charge in [-0.25, -0.2) is 0 Å². The molecule has 1 amide bonds. The third-order valence-corrected chi connectivity index (χ3v) is 5.11. The number of hydrogen-bond acceptors (Lipinski definition) is 4. The van der Waals surface area contributed by atoms with E-state index >= 15 is 0 Å². The van der Waals surface area contributed by atoms with Crippen molar-refractivity contribution >= 4 is 17.7 Å². The monoisotopic (exact) mass is 373 g/mol. The molecule has 0 radical (unpaired) electrons. The van der Waals surface area contributed by atoms with Crippen LogP contribution in [-0.2, 0) is 9.53 Å². The second kappa shape index (κ2) is 10.9. The van der Waals surface area contributed by atoms with Crippen molar-refractivity contribution < 1.29 is 14.3 Å². The molecule has 0 saturated carbocycles. The maximum absolute atomic E-state index is 12.2. The minimum atomic E-state index is -0.146. The first kappa shape index (κ1) is 20.3. The average Bonchev–Trinajstić information content (AvgIpc) is 2.68.